The first kappa shape index (κ1) is 19.6. The fourth-order valence-corrected chi connectivity index (χ4v) is 2.42. The summed E-state index contributed by atoms with van der Waals surface area (Å²) in [6.07, 6.45) is 0. The van der Waals surface area contributed by atoms with Crippen molar-refractivity contribution in [2.45, 2.75) is 24.7 Å². The molecule has 0 aliphatic carbocycles. The molecule has 0 radical (unpaired) electrons. The molecule has 0 fully saturated rings. The predicted octanol–water partition coefficient (Wildman–Crippen LogP) is 2.21. The van der Waals surface area contributed by atoms with Crippen molar-refractivity contribution in [2.24, 2.45) is 0 Å². The van der Waals surface area contributed by atoms with E-state index in [-0.39, 0.29) is 25.6 Å². The molecule has 1 rings (SSSR count). The normalized spacial score (nSPS) is 11.1. The zero-order chi connectivity index (χ0) is 17.6. The number of methoxy groups -OCH3 is 3. The third-order valence-corrected chi connectivity index (χ3v) is 3.67. The number of ether oxygens (including phenoxy) is 3. The van der Waals surface area contributed by atoms with Crippen LogP contribution in [0.5, 0.6) is 17.2 Å². The van der Waals surface area contributed by atoms with E-state index in [9.17, 15) is 9.90 Å². The highest BCUT2D eigenvalue weighted by Crippen LogP contribution is 2.35. The molecule has 0 aromatic heterocycles. The number of benzene rings is 1. The molecule has 0 heterocycles. The lowest BCUT2D eigenvalue weighted by molar-refractivity contribution is -0.133. The van der Waals surface area contributed by atoms with E-state index in [2.05, 4.69) is 15.9 Å². The van der Waals surface area contributed by atoms with Crippen molar-refractivity contribution in [2.75, 3.05) is 34.5 Å². The minimum atomic E-state index is -0.727. The molecular formula is C16H24BrNO5. The van der Waals surface area contributed by atoms with Gasteiger partial charge in [-0.05, 0) is 13.8 Å². The van der Waals surface area contributed by atoms with Crippen LogP contribution in [-0.4, -0.2) is 54.7 Å². The summed E-state index contributed by atoms with van der Waals surface area (Å²) in [6.45, 7) is 3.87. The van der Waals surface area contributed by atoms with Gasteiger partial charge in [0.05, 0.1) is 44.4 Å². The van der Waals surface area contributed by atoms with Crippen molar-refractivity contribution < 1.29 is 24.1 Å². The van der Waals surface area contributed by atoms with Gasteiger partial charge in [0.15, 0.2) is 0 Å². The van der Waals surface area contributed by atoms with Crippen molar-refractivity contribution in [3.8, 4) is 17.2 Å². The van der Waals surface area contributed by atoms with Gasteiger partial charge in [-0.3, -0.25) is 4.79 Å². The van der Waals surface area contributed by atoms with Crippen LogP contribution in [0.15, 0.2) is 12.1 Å². The van der Waals surface area contributed by atoms with E-state index in [0.29, 0.717) is 22.8 Å². The van der Waals surface area contributed by atoms with Gasteiger partial charge in [-0.1, -0.05) is 15.9 Å². The van der Waals surface area contributed by atoms with E-state index >= 15 is 0 Å². The van der Waals surface area contributed by atoms with Gasteiger partial charge in [0.25, 0.3) is 0 Å². The van der Waals surface area contributed by atoms with Gasteiger partial charge >= 0.3 is 0 Å². The Morgan fingerprint density at radius 2 is 1.70 bits per heavy atom. The van der Waals surface area contributed by atoms with Gasteiger partial charge < -0.3 is 24.2 Å². The summed E-state index contributed by atoms with van der Waals surface area (Å²) in [5.74, 6) is 1.59. The summed E-state index contributed by atoms with van der Waals surface area (Å²) in [5.41, 5.74) is 0.717. The summed E-state index contributed by atoms with van der Waals surface area (Å²) in [7, 11) is 4.65. The average molecular weight is 390 g/mol. The third-order valence-electron chi connectivity index (χ3n) is 3.33. The highest BCUT2D eigenvalue weighted by Gasteiger charge is 2.30. The lowest BCUT2D eigenvalue weighted by atomic mass is 10.1. The fraction of sp³-hybridized carbons (Fsp3) is 0.562. The molecule has 0 saturated carbocycles. The van der Waals surface area contributed by atoms with E-state index in [1.54, 1.807) is 52.2 Å². The summed E-state index contributed by atoms with van der Waals surface area (Å²) >= 11 is 3.37. The molecular weight excluding hydrogens is 366 g/mol. The maximum absolute atomic E-state index is 12.5. The van der Waals surface area contributed by atoms with Crippen molar-refractivity contribution >= 4 is 21.8 Å². The average Bonchev–Trinajstić information content (AvgIpc) is 2.52. The molecule has 6 nitrogen and oxygen atoms in total. The molecule has 0 aliphatic heterocycles. The van der Waals surface area contributed by atoms with Crippen LogP contribution < -0.4 is 14.2 Å². The zero-order valence-electron chi connectivity index (χ0n) is 14.2. The van der Waals surface area contributed by atoms with Crippen LogP contribution in [0.2, 0.25) is 0 Å². The van der Waals surface area contributed by atoms with Crippen LogP contribution in [0.4, 0.5) is 0 Å². The van der Waals surface area contributed by atoms with E-state index in [0.717, 1.165) is 0 Å². The van der Waals surface area contributed by atoms with Crippen LogP contribution in [0.3, 0.4) is 0 Å². The number of aliphatic hydroxyl groups excluding tert-OH is 1. The van der Waals surface area contributed by atoms with Crippen molar-refractivity contribution in [1.82, 2.24) is 4.90 Å². The fourth-order valence-electron chi connectivity index (χ4n) is 2.17. The summed E-state index contributed by atoms with van der Waals surface area (Å²) in [4.78, 5) is 14.1. The quantitative estimate of drug-likeness (QED) is 0.690. The van der Waals surface area contributed by atoms with Crippen molar-refractivity contribution in [3.63, 3.8) is 0 Å². The summed E-state index contributed by atoms with van der Waals surface area (Å²) in [5, 5.41) is 9.27. The van der Waals surface area contributed by atoms with E-state index < -0.39 is 4.32 Å². The van der Waals surface area contributed by atoms with Crippen LogP contribution >= 0.6 is 15.9 Å². The van der Waals surface area contributed by atoms with Crippen LogP contribution in [0.1, 0.15) is 19.4 Å². The van der Waals surface area contributed by atoms with Crippen LogP contribution in [-0.2, 0) is 11.3 Å². The molecule has 0 aliphatic rings. The molecule has 23 heavy (non-hydrogen) atoms. The minimum absolute atomic E-state index is 0.129. The monoisotopic (exact) mass is 389 g/mol. The molecule has 1 N–H and O–H groups in total. The highest BCUT2D eigenvalue weighted by molar-refractivity contribution is 9.10. The number of hydrogen-bond acceptors (Lipinski definition) is 5. The maximum Gasteiger partial charge on any atom is 0.239 e. The summed E-state index contributed by atoms with van der Waals surface area (Å²) < 4.78 is 15.3. The number of carbonyl (C=O) groups is 1. The number of hydrogen-bond donors (Lipinski definition) is 1. The zero-order valence-corrected chi connectivity index (χ0v) is 15.8. The first-order chi connectivity index (χ1) is 10.8. The Kier molecular flexibility index (Phi) is 7.15. The van der Waals surface area contributed by atoms with Gasteiger partial charge in [0, 0.05) is 18.7 Å². The molecule has 0 saturated heterocycles. The van der Waals surface area contributed by atoms with Gasteiger partial charge in [0.1, 0.15) is 17.2 Å². The molecule has 7 heteroatoms. The third kappa shape index (κ3) is 5.00. The molecule has 1 aromatic rings. The Morgan fingerprint density at radius 3 is 2.04 bits per heavy atom. The van der Waals surface area contributed by atoms with E-state index in [1.165, 1.54) is 0 Å². The molecule has 130 valence electrons. The summed E-state index contributed by atoms with van der Waals surface area (Å²) in [6, 6.07) is 3.47. The lowest BCUT2D eigenvalue weighted by Crippen LogP contribution is -2.42. The first-order valence-electron chi connectivity index (χ1n) is 7.16. The van der Waals surface area contributed by atoms with Gasteiger partial charge in [-0.25, -0.2) is 0 Å². The Balaban J connectivity index is 3.24. The smallest absolute Gasteiger partial charge is 0.239 e. The maximum atomic E-state index is 12.5. The standard InChI is InChI=1S/C16H24BrNO5/c1-16(2,17)15(20)18(6-7-19)10-12-13(22-4)8-11(21-3)9-14(12)23-5/h8-9,19H,6-7,10H2,1-5H3. The van der Waals surface area contributed by atoms with E-state index in [4.69, 9.17) is 14.2 Å². The van der Waals surface area contributed by atoms with Gasteiger partial charge in [-0.2, -0.15) is 0 Å². The van der Waals surface area contributed by atoms with E-state index in [1.807, 2.05) is 0 Å². The Hall–Kier alpha value is -1.47. The largest absolute Gasteiger partial charge is 0.496 e. The van der Waals surface area contributed by atoms with Gasteiger partial charge in [-0.15, -0.1) is 0 Å². The second kappa shape index (κ2) is 8.40. The SMILES string of the molecule is COc1cc(OC)c(CN(CCO)C(=O)C(C)(C)Br)c(OC)c1. The molecule has 1 amide bonds. The number of rotatable bonds is 8. The Labute approximate surface area is 145 Å². The van der Waals surface area contributed by atoms with Crippen LogP contribution in [0.25, 0.3) is 0 Å². The number of nitrogens with zero attached hydrogens (tertiary/aromatic N) is 1. The minimum Gasteiger partial charge on any atom is -0.496 e. The first-order valence-corrected chi connectivity index (χ1v) is 7.95. The second-order valence-electron chi connectivity index (χ2n) is 5.43. The Bertz CT molecular complexity index is 517. The predicted molar refractivity (Wildman–Crippen MR) is 91.6 cm³/mol. The number of carbonyl (C=O) groups excluding carboxylic acids is 1. The molecule has 0 unspecified atom stereocenters. The topological polar surface area (TPSA) is 68.2 Å². The van der Waals surface area contributed by atoms with Crippen molar-refractivity contribution in [1.29, 1.82) is 0 Å². The number of aliphatic hydroxyl groups is 1. The van der Waals surface area contributed by atoms with Crippen molar-refractivity contribution in [3.05, 3.63) is 17.7 Å². The molecule has 1 aromatic carbocycles. The van der Waals surface area contributed by atoms with Crippen LogP contribution in [0, 0.1) is 0 Å². The highest BCUT2D eigenvalue weighted by atomic mass is 79.9. The molecule has 0 spiro atoms. The number of halogens is 1. The number of amides is 1. The molecule has 0 atom stereocenters. The molecule has 0 bridgehead atoms. The second-order valence-corrected chi connectivity index (χ2v) is 7.42. The number of alkyl halides is 1. The Morgan fingerprint density at radius 1 is 1.17 bits per heavy atom. The van der Waals surface area contributed by atoms with Gasteiger partial charge in [0.2, 0.25) is 5.91 Å². The lowest BCUT2D eigenvalue weighted by Gasteiger charge is -2.29.